The van der Waals surface area contributed by atoms with Crippen LogP contribution in [0.25, 0.3) is 11.4 Å². The van der Waals surface area contributed by atoms with Gasteiger partial charge in [0.05, 0.1) is 17.6 Å². The Morgan fingerprint density at radius 1 is 1.14 bits per heavy atom. The van der Waals surface area contributed by atoms with E-state index >= 15 is 0 Å². The number of nitrogens with one attached hydrogen (secondary N) is 1. The van der Waals surface area contributed by atoms with Gasteiger partial charge in [-0.05, 0) is 50.5 Å². The van der Waals surface area contributed by atoms with Crippen LogP contribution in [0.4, 0.5) is 5.69 Å². The number of benzene rings is 1. The second-order valence-electron chi connectivity index (χ2n) is 7.27. The van der Waals surface area contributed by atoms with Gasteiger partial charge in [-0.15, -0.1) is 10.2 Å². The molecule has 1 amide bonds. The summed E-state index contributed by atoms with van der Waals surface area (Å²) in [5.74, 6) is 2.22. The molecule has 0 spiro atoms. The normalized spacial score (nSPS) is 11.4. The summed E-state index contributed by atoms with van der Waals surface area (Å²) in [6.45, 7) is 10.3. The molecule has 1 aromatic carbocycles. The van der Waals surface area contributed by atoms with Crippen LogP contribution in [0.5, 0.6) is 0 Å². The molecule has 1 N–H and O–H groups in total. The van der Waals surface area contributed by atoms with E-state index in [1.165, 1.54) is 17.3 Å². The lowest BCUT2D eigenvalue weighted by atomic mass is 10.0. The van der Waals surface area contributed by atoms with E-state index < -0.39 is 0 Å². The number of carbonyl (C=O) groups excluding carboxylic acids is 1. The van der Waals surface area contributed by atoms with Crippen molar-refractivity contribution in [1.82, 2.24) is 14.8 Å². The van der Waals surface area contributed by atoms with Gasteiger partial charge >= 0.3 is 0 Å². The first-order chi connectivity index (χ1) is 13.4. The molecule has 0 saturated carbocycles. The molecule has 2 aromatic heterocycles. The van der Waals surface area contributed by atoms with Crippen LogP contribution in [0.15, 0.2) is 46.2 Å². The largest absolute Gasteiger partial charge is 0.469 e. The molecule has 0 aliphatic heterocycles. The second kappa shape index (κ2) is 8.65. The number of amides is 1. The van der Waals surface area contributed by atoms with Gasteiger partial charge in [-0.2, -0.15) is 0 Å². The molecule has 148 valence electrons. The second-order valence-corrected chi connectivity index (χ2v) is 8.22. The summed E-state index contributed by atoms with van der Waals surface area (Å²) in [5, 5.41) is 12.3. The number of nitrogens with zero attached hydrogens (tertiary/aromatic N) is 3. The number of furan rings is 1. The molecule has 7 heteroatoms. The molecule has 0 aliphatic rings. The summed E-state index contributed by atoms with van der Waals surface area (Å²) in [6, 6.07) is 10.0. The Morgan fingerprint density at radius 3 is 2.43 bits per heavy atom. The first-order valence-corrected chi connectivity index (χ1v) is 10.4. The highest BCUT2D eigenvalue weighted by Gasteiger charge is 2.20. The molecule has 0 radical (unpaired) electrons. The summed E-state index contributed by atoms with van der Waals surface area (Å²) in [6.07, 6.45) is 1.65. The molecule has 28 heavy (non-hydrogen) atoms. The Bertz CT molecular complexity index is 942. The van der Waals surface area contributed by atoms with Crippen molar-refractivity contribution in [2.75, 3.05) is 11.1 Å². The minimum Gasteiger partial charge on any atom is -0.469 e. The maximum absolute atomic E-state index is 12.4. The molecule has 6 nitrogen and oxygen atoms in total. The van der Waals surface area contributed by atoms with Crippen LogP contribution in [-0.2, 0) is 4.79 Å². The van der Waals surface area contributed by atoms with Crippen LogP contribution in [0.3, 0.4) is 0 Å². The summed E-state index contributed by atoms with van der Waals surface area (Å²) in [5.41, 5.74) is 2.97. The van der Waals surface area contributed by atoms with Gasteiger partial charge < -0.3 is 9.73 Å². The molecule has 0 aliphatic carbocycles. The molecule has 0 fully saturated rings. The van der Waals surface area contributed by atoms with E-state index in [0.717, 1.165) is 28.0 Å². The Hall–Kier alpha value is -2.54. The Labute approximate surface area is 169 Å². The number of hydrogen-bond acceptors (Lipinski definition) is 5. The molecule has 0 atom stereocenters. The quantitative estimate of drug-likeness (QED) is 0.548. The SMILES string of the molecule is Cc1occc1-c1nnc(SCC(=O)Nc2ccc(C(C)C)cc2)n1C(C)C. The number of thioether (sulfide) groups is 1. The minimum atomic E-state index is -0.0679. The van der Waals surface area contributed by atoms with Gasteiger partial charge in [0.15, 0.2) is 11.0 Å². The van der Waals surface area contributed by atoms with Gasteiger partial charge in [0.1, 0.15) is 5.76 Å². The van der Waals surface area contributed by atoms with E-state index in [2.05, 4.69) is 43.2 Å². The zero-order valence-electron chi connectivity index (χ0n) is 16.9. The number of carbonyl (C=O) groups is 1. The van der Waals surface area contributed by atoms with Crippen molar-refractivity contribution in [2.45, 2.75) is 51.7 Å². The van der Waals surface area contributed by atoms with Crippen LogP contribution in [0.2, 0.25) is 0 Å². The van der Waals surface area contributed by atoms with Crippen molar-refractivity contribution in [3.05, 3.63) is 47.9 Å². The van der Waals surface area contributed by atoms with Gasteiger partial charge in [-0.1, -0.05) is 37.7 Å². The topological polar surface area (TPSA) is 72.9 Å². The van der Waals surface area contributed by atoms with Gasteiger partial charge in [-0.3, -0.25) is 9.36 Å². The van der Waals surface area contributed by atoms with Gasteiger partial charge in [0, 0.05) is 11.7 Å². The number of anilines is 1. The van der Waals surface area contributed by atoms with E-state index in [0.29, 0.717) is 5.92 Å². The average molecular weight is 399 g/mol. The van der Waals surface area contributed by atoms with Crippen molar-refractivity contribution in [2.24, 2.45) is 0 Å². The van der Waals surface area contributed by atoms with Crippen LogP contribution in [-0.4, -0.2) is 26.4 Å². The Balaban J connectivity index is 1.68. The molecule has 0 bridgehead atoms. The summed E-state index contributed by atoms with van der Waals surface area (Å²) in [4.78, 5) is 12.4. The smallest absolute Gasteiger partial charge is 0.234 e. The maximum atomic E-state index is 12.4. The molecule has 3 rings (SSSR count). The predicted molar refractivity (Wildman–Crippen MR) is 113 cm³/mol. The van der Waals surface area contributed by atoms with Crippen LogP contribution in [0, 0.1) is 6.92 Å². The van der Waals surface area contributed by atoms with Crippen LogP contribution < -0.4 is 5.32 Å². The molecule has 3 aromatic rings. The molecule has 0 unspecified atom stereocenters. The predicted octanol–water partition coefficient (Wildman–Crippen LogP) is 5.28. The third kappa shape index (κ3) is 4.47. The monoisotopic (exact) mass is 398 g/mol. The van der Waals surface area contributed by atoms with Crippen molar-refractivity contribution in [3.63, 3.8) is 0 Å². The zero-order chi connectivity index (χ0) is 20.3. The molecule has 2 heterocycles. The zero-order valence-corrected chi connectivity index (χ0v) is 17.7. The highest BCUT2D eigenvalue weighted by molar-refractivity contribution is 7.99. The fraction of sp³-hybridized carbons (Fsp3) is 0.381. The summed E-state index contributed by atoms with van der Waals surface area (Å²) < 4.78 is 7.43. The number of rotatable bonds is 7. The minimum absolute atomic E-state index is 0.0679. The fourth-order valence-electron chi connectivity index (χ4n) is 2.92. The molecular weight excluding hydrogens is 372 g/mol. The number of aryl methyl sites for hydroxylation is 1. The summed E-state index contributed by atoms with van der Waals surface area (Å²) in [7, 11) is 0. The Morgan fingerprint density at radius 2 is 1.86 bits per heavy atom. The average Bonchev–Trinajstić information content (AvgIpc) is 3.26. The lowest BCUT2D eigenvalue weighted by Crippen LogP contribution is -2.15. The standard InChI is InChI=1S/C21H26N4O2S/c1-13(2)16-6-8-17(9-7-16)22-19(26)12-28-21-24-23-20(25(21)14(3)4)18-10-11-27-15(18)5/h6-11,13-14H,12H2,1-5H3,(H,22,26). The highest BCUT2D eigenvalue weighted by Crippen LogP contribution is 2.30. The maximum Gasteiger partial charge on any atom is 0.234 e. The van der Waals surface area contributed by atoms with Gasteiger partial charge in [0.25, 0.3) is 0 Å². The number of aromatic nitrogens is 3. The van der Waals surface area contributed by atoms with E-state index in [1.807, 2.05) is 41.8 Å². The molecule has 0 saturated heterocycles. The van der Waals surface area contributed by atoms with E-state index in [4.69, 9.17) is 4.42 Å². The van der Waals surface area contributed by atoms with E-state index in [1.54, 1.807) is 6.26 Å². The van der Waals surface area contributed by atoms with Gasteiger partial charge in [-0.25, -0.2) is 0 Å². The van der Waals surface area contributed by atoms with Crippen molar-refractivity contribution in [1.29, 1.82) is 0 Å². The van der Waals surface area contributed by atoms with E-state index in [-0.39, 0.29) is 17.7 Å². The van der Waals surface area contributed by atoms with Crippen molar-refractivity contribution >= 4 is 23.4 Å². The lowest BCUT2D eigenvalue weighted by Gasteiger charge is -2.13. The summed E-state index contributed by atoms with van der Waals surface area (Å²) >= 11 is 1.38. The lowest BCUT2D eigenvalue weighted by molar-refractivity contribution is -0.113. The fourth-order valence-corrected chi connectivity index (χ4v) is 3.79. The Kier molecular flexibility index (Phi) is 6.24. The highest BCUT2D eigenvalue weighted by atomic mass is 32.2. The third-order valence-corrected chi connectivity index (χ3v) is 5.42. The third-order valence-electron chi connectivity index (χ3n) is 4.47. The molecular formula is C21H26N4O2S. The van der Waals surface area contributed by atoms with Crippen LogP contribution >= 0.6 is 11.8 Å². The first kappa shape index (κ1) is 20.2. The van der Waals surface area contributed by atoms with Gasteiger partial charge in [0.2, 0.25) is 5.91 Å². The number of hydrogen-bond donors (Lipinski definition) is 1. The first-order valence-electron chi connectivity index (χ1n) is 9.38. The van der Waals surface area contributed by atoms with E-state index in [9.17, 15) is 4.79 Å². The van der Waals surface area contributed by atoms with Crippen molar-refractivity contribution < 1.29 is 9.21 Å². The van der Waals surface area contributed by atoms with Crippen LogP contribution in [0.1, 0.15) is 51.0 Å². The van der Waals surface area contributed by atoms with Crippen molar-refractivity contribution in [3.8, 4) is 11.4 Å².